The topological polar surface area (TPSA) is 43.9 Å². The van der Waals surface area contributed by atoms with Gasteiger partial charge in [0.15, 0.2) is 6.17 Å². The summed E-state index contributed by atoms with van der Waals surface area (Å²) >= 11 is 0. The largest absolute Gasteiger partial charge is 0.369 e. The molecule has 0 bridgehead atoms. The maximum atomic E-state index is 13.0. The van der Waals surface area contributed by atoms with E-state index >= 15 is 0 Å². The summed E-state index contributed by atoms with van der Waals surface area (Å²) in [6.45, 7) is 9.02. The molecule has 0 spiro atoms. The minimum absolute atomic E-state index is 0.0287. The Morgan fingerprint density at radius 1 is 0.926 bits per heavy atom. The molecular formula is C22H25N3O2. The van der Waals surface area contributed by atoms with Crippen molar-refractivity contribution < 1.29 is 9.59 Å². The second-order valence-corrected chi connectivity index (χ2v) is 7.39. The van der Waals surface area contributed by atoms with E-state index in [2.05, 4.69) is 41.8 Å². The Bertz CT molecular complexity index is 900. The molecule has 0 unspecified atom stereocenters. The third-order valence-corrected chi connectivity index (χ3v) is 5.82. The second-order valence-electron chi connectivity index (χ2n) is 7.39. The van der Waals surface area contributed by atoms with Crippen LogP contribution >= 0.6 is 0 Å². The molecule has 1 amide bonds. The maximum absolute atomic E-state index is 13.0. The standard InChI is InChI=1S/C22H25N3O2/c1-15-7-6-10-19(16(15)2)23-11-13-24(14-12-23)22-21(27)18-8-4-5-9-20(18)25(22)17(3)26/h4-10,22H,11-14H2,1-3H3/t22-/m0/s1. The molecule has 2 aliphatic heterocycles. The lowest BCUT2D eigenvalue weighted by atomic mass is 10.1. The van der Waals surface area contributed by atoms with E-state index in [9.17, 15) is 9.59 Å². The number of nitrogens with zero attached hydrogens (tertiary/aromatic N) is 3. The van der Waals surface area contributed by atoms with E-state index in [-0.39, 0.29) is 11.7 Å². The summed E-state index contributed by atoms with van der Waals surface area (Å²) in [5.41, 5.74) is 5.24. The van der Waals surface area contributed by atoms with E-state index in [0.29, 0.717) is 5.56 Å². The second kappa shape index (κ2) is 6.82. The van der Waals surface area contributed by atoms with Crippen LogP contribution in [-0.4, -0.2) is 48.9 Å². The number of carbonyl (C=O) groups is 2. The molecule has 1 saturated heterocycles. The Kier molecular flexibility index (Phi) is 4.48. The number of Topliss-reactive ketones (excluding diaryl/α,β-unsaturated/α-hetero) is 1. The molecule has 5 heteroatoms. The molecule has 1 fully saturated rings. The van der Waals surface area contributed by atoms with E-state index in [4.69, 9.17) is 0 Å². The van der Waals surface area contributed by atoms with Gasteiger partial charge in [0.2, 0.25) is 11.7 Å². The van der Waals surface area contributed by atoms with Gasteiger partial charge in [-0.3, -0.25) is 19.4 Å². The summed E-state index contributed by atoms with van der Waals surface area (Å²) in [6.07, 6.45) is -0.513. The normalized spacial score (nSPS) is 20.1. The van der Waals surface area contributed by atoms with Crippen LogP contribution in [0.1, 0.15) is 28.4 Å². The number of carbonyl (C=O) groups excluding carboxylic acids is 2. The molecular weight excluding hydrogens is 338 g/mol. The summed E-state index contributed by atoms with van der Waals surface area (Å²) in [6, 6.07) is 13.8. The molecule has 0 aromatic heterocycles. The van der Waals surface area contributed by atoms with Crippen molar-refractivity contribution in [3.8, 4) is 0 Å². The maximum Gasteiger partial charge on any atom is 0.225 e. The van der Waals surface area contributed by atoms with E-state index in [1.165, 1.54) is 23.7 Å². The van der Waals surface area contributed by atoms with Crippen LogP contribution in [0.15, 0.2) is 42.5 Å². The number of anilines is 2. The van der Waals surface area contributed by atoms with Crippen LogP contribution in [0.3, 0.4) is 0 Å². The molecule has 0 aliphatic carbocycles. The van der Waals surface area contributed by atoms with Gasteiger partial charge in [-0.15, -0.1) is 0 Å². The number of ketones is 1. The Labute approximate surface area is 160 Å². The van der Waals surface area contributed by atoms with Crippen molar-refractivity contribution in [2.24, 2.45) is 0 Å². The van der Waals surface area contributed by atoms with Gasteiger partial charge in [-0.2, -0.15) is 0 Å². The minimum atomic E-state index is -0.513. The molecule has 0 radical (unpaired) electrons. The monoisotopic (exact) mass is 363 g/mol. The van der Waals surface area contributed by atoms with E-state index in [1.807, 2.05) is 24.3 Å². The number of hydrogen-bond donors (Lipinski definition) is 0. The predicted octanol–water partition coefficient (Wildman–Crippen LogP) is 3.00. The smallest absolute Gasteiger partial charge is 0.225 e. The number of piperazine rings is 1. The van der Waals surface area contributed by atoms with Gasteiger partial charge in [-0.25, -0.2) is 0 Å². The van der Waals surface area contributed by atoms with Crippen molar-refractivity contribution in [3.05, 3.63) is 59.2 Å². The van der Waals surface area contributed by atoms with Gasteiger partial charge in [0.05, 0.1) is 5.69 Å². The first-order chi connectivity index (χ1) is 13.0. The first kappa shape index (κ1) is 17.7. The SMILES string of the molecule is CC(=O)N1c2ccccc2C(=O)[C@H]1N1CCN(c2cccc(C)c2C)CC1. The first-order valence-corrected chi connectivity index (χ1v) is 9.47. The number of rotatable bonds is 2. The zero-order valence-corrected chi connectivity index (χ0v) is 16.1. The van der Waals surface area contributed by atoms with Crippen LogP contribution in [0, 0.1) is 13.8 Å². The number of amides is 1. The highest BCUT2D eigenvalue weighted by molar-refractivity contribution is 6.17. The molecule has 4 rings (SSSR count). The van der Waals surface area contributed by atoms with Gasteiger partial charge < -0.3 is 4.90 Å². The quantitative estimate of drug-likeness (QED) is 0.823. The van der Waals surface area contributed by atoms with Crippen molar-refractivity contribution in [2.75, 3.05) is 36.0 Å². The van der Waals surface area contributed by atoms with Crippen LogP contribution in [0.4, 0.5) is 11.4 Å². The van der Waals surface area contributed by atoms with E-state index < -0.39 is 6.17 Å². The van der Waals surface area contributed by atoms with Crippen molar-refractivity contribution in [1.29, 1.82) is 0 Å². The number of para-hydroxylation sites is 1. The minimum Gasteiger partial charge on any atom is -0.369 e. The molecule has 2 heterocycles. The molecule has 140 valence electrons. The molecule has 27 heavy (non-hydrogen) atoms. The van der Waals surface area contributed by atoms with Crippen LogP contribution < -0.4 is 9.80 Å². The number of aryl methyl sites for hydroxylation is 1. The Hall–Kier alpha value is -2.66. The Morgan fingerprint density at radius 3 is 2.30 bits per heavy atom. The van der Waals surface area contributed by atoms with Gasteiger partial charge in [-0.05, 0) is 43.2 Å². The third kappa shape index (κ3) is 2.92. The average Bonchev–Trinajstić information content (AvgIpc) is 2.97. The number of fused-ring (bicyclic) bond motifs is 1. The zero-order valence-electron chi connectivity index (χ0n) is 16.1. The van der Waals surface area contributed by atoms with Gasteiger partial charge in [0, 0.05) is 44.4 Å². The number of hydrogen-bond acceptors (Lipinski definition) is 4. The Balaban J connectivity index is 1.55. The highest BCUT2D eigenvalue weighted by Gasteiger charge is 2.43. The molecule has 5 nitrogen and oxygen atoms in total. The average molecular weight is 363 g/mol. The van der Waals surface area contributed by atoms with Gasteiger partial charge in [0.25, 0.3) is 0 Å². The lowest BCUT2D eigenvalue weighted by Gasteiger charge is -2.41. The summed E-state index contributed by atoms with van der Waals surface area (Å²) in [7, 11) is 0. The highest BCUT2D eigenvalue weighted by Crippen LogP contribution is 2.34. The van der Waals surface area contributed by atoms with Crippen LogP contribution in [0.5, 0.6) is 0 Å². The lowest BCUT2D eigenvalue weighted by molar-refractivity contribution is -0.117. The van der Waals surface area contributed by atoms with Crippen molar-refractivity contribution >= 4 is 23.1 Å². The summed E-state index contributed by atoms with van der Waals surface area (Å²) < 4.78 is 0. The fourth-order valence-electron chi connectivity index (χ4n) is 4.24. The van der Waals surface area contributed by atoms with E-state index in [0.717, 1.165) is 31.9 Å². The summed E-state index contributed by atoms with van der Waals surface area (Å²) in [4.78, 5) is 31.5. The molecule has 1 atom stereocenters. The van der Waals surface area contributed by atoms with Crippen molar-refractivity contribution in [3.63, 3.8) is 0 Å². The molecule has 2 aromatic rings. The van der Waals surface area contributed by atoms with Gasteiger partial charge in [-0.1, -0.05) is 24.3 Å². The fourth-order valence-corrected chi connectivity index (χ4v) is 4.24. The van der Waals surface area contributed by atoms with Crippen molar-refractivity contribution in [2.45, 2.75) is 26.9 Å². The van der Waals surface area contributed by atoms with Crippen LogP contribution in [-0.2, 0) is 4.79 Å². The highest BCUT2D eigenvalue weighted by atomic mass is 16.2. The van der Waals surface area contributed by atoms with Gasteiger partial charge in [0.1, 0.15) is 0 Å². The molecule has 2 aliphatic rings. The van der Waals surface area contributed by atoms with E-state index in [1.54, 1.807) is 4.90 Å². The lowest BCUT2D eigenvalue weighted by Crippen LogP contribution is -2.58. The molecule has 0 N–H and O–H groups in total. The molecule has 2 aromatic carbocycles. The molecule has 0 saturated carbocycles. The summed E-state index contributed by atoms with van der Waals surface area (Å²) in [5, 5.41) is 0. The van der Waals surface area contributed by atoms with Gasteiger partial charge >= 0.3 is 0 Å². The predicted molar refractivity (Wildman–Crippen MR) is 107 cm³/mol. The fraction of sp³-hybridized carbons (Fsp3) is 0.364. The third-order valence-electron chi connectivity index (χ3n) is 5.82. The number of benzene rings is 2. The van der Waals surface area contributed by atoms with Crippen LogP contribution in [0.2, 0.25) is 0 Å². The zero-order chi connectivity index (χ0) is 19.1. The first-order valence-electron chi connectivity index (χ1n) is 9.47. The van der Waals surface area contributed by atoms with Crippen molar-refractivity contribution in [1.82, 2.24) is 4.90 Å². The Morgan fingerprint density at radius 2 is 1.59 bits per heavy atom. The summed E-state index contributed by atoms with van der Waals surface area (Å²) in [5.74, 6) is -0.0590. The van der Waals surface area contributed by atoms with Crippen LogP contribution in [0.25, 0.3) is 0 Å².